The van der Waals surface area contributed by atoms with Crippen LogP contribution in [0.25, 0.3) is 0 Å². The van der Waals surface area contributed by atoms with Gasteiger partial charge in [-0.15, -0.1) is 11.3 Å². The first-order chi connectivity index (χ1) is 6.01. The van der Waals surface area contributed by atoms with Crippen LogP contribution in [0.1, 0.15) is 26.5 Å². The highest BCUT2D eigenvalue weighted by atomic mass is 32.1. The van der Waals surface area contributed by atoms with Crippen molar-refractivity contribution in [1.29, 1.82) is 0 Å². The van der Waals surface area contributed by atoms with Crippen LogP contribution in [0.15, 0.2) is 5.38 Å². The maximum absolute atomic E-state index is 4.38. The van der Waals surface area contributed by atoms with Crippen LogP contribution in [0.4, 0.5) is 5.13 Å². The Labute approximate surface area is 83.6 Å². The molecule has 0 atom stereocenters. The van der Waals surface area contributed by atoms with Crippen LogP contribution in [-0.4, -0.2) is 17.6 Å². The van der Waals surface area contributed by atoms with E-state index in [9.17, 15) is 0 Å². The molecule has 0 fully saturated rings. The van der Waals surface area contributed by atoms with Gasteiger partial charge < -0.3 is 10.6 Å². The van der Waals surface area contributed by atoms with Crippen molar-refractivity contribution in [2.45, 2.75) is 32.9 Å². The van der Waals surface area contributed by atoms with Crippen molar-refractivity contribution in [2.24, 2.45) is 0 Å². The Morgan fingerprint density at radius 1 is 1.46 bits per heavy atom. The number of hydrogen-bond donors (Lipinski definition) is 2. The predicted octanol–water partition coefficient (Wildman–Crippen LogP) is 2.07. The van der Waals surface area contributed by atoms with Crippen LogP contribution >= 0.6 is 11.3 Å². The van der Waals surface area contributed by atoms with E-state index in [-0.39, 0.29) is 5.54 Å². The van der Waals surface area contributed by atoms with Crippen molar-refractivity contribution < 1.29 is 0 Å². The minimum atomic E-state index is 0.156. The average Bonchev–Trinajstić information content (AvgIpc) is 2.47. The largest absolute Gasteiger partial charge is 0.365 e. The molecule has 0 aliphatic rings. The fourth-order valence-electron chi connectivity index (χ4n) is 0.859. The molecular weight excluding hydrogens is 182 g/mol. The number of thiazole rings is 1. The van der Waals surface area contributed by atoms with E-state index in [1.54, 1.807) is 11.3 Å². The van der Waals surface area contributed by atoms with Crippen molar-refractivity contribution in [3.8, 4) is 0 Å². The van der Waals surface area contributed by atoms with Crippen LogP contribution < -0.4 is 10.6 Å². The highest BCUT2D eigenvalue weighted by Crippen LogP contribution is 2.14. The summed E-state index contributed by atoms with van der Waals surface area (Å²) in [7, 11) is 1.89. The van der Waals surface area contributed by atoms with Crippen LogP contribution in [0.5, 0.6) is 0 Å². The van der Waals surface area contributed by atoms with E-state index in [0.29, 0.717) is 0 Å². The van der Waals surface area contributed by atoms with Crippen molar-refractivity contribution in [3.05, 3.63) is 11.1 Å². The number of rotatable bonds is 3. The van der Waals surface area contributed by atoms with Crippen molar-refractivity contribution in [1.82, 2.24) is 10.3 Å². The zero-order chi connectivity index (χ0) is 9.90. The molecule has 1 heterocycles. The first kappa shape index (κ1) is 10.5. The third-order valence-electron chi connectivity index (χ3n) is 1.57. The highest BCUT2D eigenvalue weighted by Gasteiger charge is 2.09. The van der Waals surface area contributed by atoms with E-state index >= 15 is 0 Å². The molecule has 0 saturated carbocycles. The first-order valence-electron chi connectivity index (χ1n) is 4.38. The monoisotopic (exact) mass is 199 g/mol. The van der Waals surface area contributed by atoms with Crippen molar-refractivity contribution in [2.75, 3.05) is 12.4 Å². The summed E-state index contributed by atoms with van der Waals surface area (Å²) in [6, 6.07) is 0. The second kappa shape index (κ2) is 4.07. The van der Waals surface area contributed by atoms with Gasteiger partial charge in [-0.1, -0.05) is 0 Å². The maximum atomic E-state index is 4.38. The van der Waals surface area contributed by atoms with E-state index in [1.165, 1.54) is 0 Å². The molecule has 0 bridgehead atoms. The number of anilines is 1. The molecule has 0 amide bonds. The molecule has 1 aromatic heterocycles. The molecule has 1 rings (SSSR count). The lowest BCUT2D eigenvalue weighted by Crippen LogP contribution is -2.35. The third kappa shape index (κ3) is 3.74. The lowest BCUT2D eigenvalue weighted by atomic mass is 10.1. The molecule has 0 aliphatic carbocycles. The van der Waals surface area contributed by atoms with Gasteiger partial charge in [0, 0.05) is 24.5 Å². The normalized spacial score (nSPS) is 11.7. The maximum Gasteiger partial charge on any atom is 0.182 e. The summed E-state index contributed by atoms with van der Waals surface area (Å²) in [4.78, 5) is 4.38. The van der Waals surface area contributed by atoms with Gasteiger partial charge in [0.2, 0.25) is 0 Å². The van der Waals surface area contributed by atoms with Gasteiger partial charge >= 0.3 is 0 Å². The molecule has 0 radical (unpaired) electrons. The van der Waals surface area contributed by atoms with Gasteiger partial charge in [-0.2, -0.15) is 0 Å². The van der Waals surface area contributed by atoms with Crippen LogP contribution in [0.3, 0.4) is 0 Å². The van der Waals surface area contributed by atoms with Gasteiger partial charge in [-0.05, 0) is 20.8 Å². The van der Waals surface area contributed by atoms with Gasteiger partial charge in [0.15, 0.2) is 5.13 Å². The van der Waals surface area contributed by atoms with Gasteiger partial charge in [0.25, 0.3) is 0 Å². The molecule has 74 valence electrons. The number of nitrogens with one attached hydrogen (secondary N) is 2. The summed E-state index contributed by atoms with van der Waals surface area (Å²) in [6.07, 6.45) is 0. The second-order valence-corrected chi connectivity index (χ2v) is 4.86. The van der Waals surface area contributed by atoms with Gasteiger partial charge in [-0.25, -0.2) is 4.98 Å². The molecule has 13 heavy (non-hydrogen) atoms. The summed E-state index contributed by atoms with van der Waals surface area (Å²) in [5, 5.41) is 9.47. The highest BCUT2D eigenvalue weighted by molar-refractivity contribution is 7.13. The zero-order valence-electron chi connectivity index (χ0n) is 8.64. The number of aromatic nitrogens is 1. The van der Waals surface area contributed by atoms with E-state index in [4.69, 9.17) is 0 Å². The standard InChI is InChI=1S/C9H17N3S/c1-9(2,3)11-5-7-6-13-8(10-4)12-7/h6,11H,5H2,1-4H3,(H,10,12). The van der Waals surface area contributed by atoms with E-state index in [2.05, 4.69) is 41.8 Å². The molecule has 2 N–H and O–H groups in total. The number of hydrogen-bond acceptors (Lipinski definition) is 4. The van der Waals surface area contributed by atoms with Crippen LogP contribution in [0, 0.1) is 0 Å². The van der Waals surface area contributed by atoms with E-state index < -0.39 is 0 Å². The third-order valence-corrected chi connectivity index (χ3v) is 2.47. The van der Waals surface area contributed by atoms with Crippen LogP contribution in [-0.2, 0) is 6.54 Å². The fourth-order valence-corrected chi connectivity index (χ4v) is 1.53. The smallest absolute Gasteiger partial charge is 0.182 e. The van der Waals surface area contributed by atoms with Crippen LogP contribution in [0.2, 0.25) is 0 Å². The molecule has 1 aromatic rings. The van der Waals surface area contributed by atoms with E-state index in [1.807, 2.05) is 7.05 Å². The molecule has 0 spiro atoms. The Morgan fingerprint density at radius 3 is 2.62 bits per heavy atom. The predicted molar refractivity (Wildman–Crippen MR) is 58.3 cm³/mol. The fraction of sp³-hybridized carbons (Fsp3) is 0.667. The zero-order valence-corrected chi connectivity index (χ0v) is 9.46. The molecule has 0 aliphatic heterocycles. The minimum absolute atomic E-state index is 0.156. The summed E-state index contributed by atoms with van der Waals surface area (Å²) >= 11 is 1.64. The average molecular weight is 199 g/mol. The Kier molecular flexibility index (Phi) is 3.27. The second-order valence-electron chi connectivity index (χ2n) is 4.00. The van der Waals surface area contributed by atoms with Gasteiger partial charge in [0.1, 0.15) is 0 Å². The SMILES string of the molecule is CNc1nc(CNC(C)(C)C)cs1. The lowest BCUT2D eigenvalue weighted by Gasteiger charge is -2.19. The van der Waals surface area contributed by atoms with Gasteiger partial charge in [-0.3, -0.25) is 0 Å². The molecule has 0 saturated heterocycles. The van der Waals surface area contributed by atoms with E-state index in [0.717, 1.165) is 17.4 Å². The summed E-state index contributed by atoms with van der Waals surface area (Å²) in [6.45, 7) is 7.29. The number of nitrogens with zero attached hydrogens (tertiary/aromatic N) is 1. The Balaban J connectivity index is 2.46. The summed E-state index contributed by atoms with van der Waals surface area (Å²) in [5.74, 6) is 0. The minimum Gasteiger partial charge on any atom is -0.365 e. The summed E-state index contributed by atoms with van der Waals surface area (Å²) < 4.78 is 0. The summed E-state index contributed by atoms with van der Waals surface area (Å²) in [5.41, 5.74) is 1.26. The molecule has 4 heteroatoms. The Bertz CT molecular complexity index is 262. The quantitative estimate of drug-likeness (QED) is 0.782. The molecular formula is C9H17N3S. The molecule has 3 nitrogen and oxygen atoms in total. The van der Waals surface area contributed by atoms with Crippen molar-refractivity contribution in [3.63, 3.8) is 0 Å². The van der Waals surface area contributed by atoms with Gasteiger partial charge in [0.05, 0.1) is 5.69 Å². The Morgan fingerprint density at radius 2 is 2.15 bits per heavy atom. The first-order valence-corrected chi connectivity index (χ1v) is 5.26. The lowest BCUT2D eigenvalue weighted by molar-refractivity contribution is 0.422. The topological polar surface area (TPSA) is 37.0 Å². The Hall–Kier alpha value is -0.610. The molecule has 0 aromatic carbocycles. The molecule has 0 unspecified atom stereocenters. The van der Waals surface area contributed by atoms with Crippen molar-refractivity contribution >= 4 is 16.5 Å².